The molecule has 1 heterocycles. The van der Waals surface area contributed by atoms with Gasteiger partial charge in [-0.3, -0.25) is 0 Å². The fraction of sp³-hybridized carbons (Fsp3) is 0.0714. The highest BCUT2D eigenvalue weighted by Gasteiger charge is 2.16. The van der Waals surface area contributed by atoms with Crippen LogP contribution in [0.2, 0.25) is 19.6 Å². The Morgan fingerprint density at radius 3 is 1.00 bits per heavy atom. The molecule has 7 rings (SSSR count). The summed E-state index contributed by atoms with van der Waals surface area (Å²) < 4.78 is 0. The van der Waals surface area contributed by atoms with E-state index in [0.29, 0.717) is 17.5 Å². The second-order valence-corrected chi connectivity index (χ2v) is 17.7. The topological polar surface area (TPSA) is 38.7 Å². The lowest BCUT2D eigenvalue weighted by atomic mass is 9.97. The van der Waals surface area contributed by atoms with Crippen molar-refractivity contribution in [1.29, 1.82) is 0 Å². The highest BCUT2D eigenvalue weighted by Crippen LogP contribution is 2.30. The Balaban J connectivity index is 1.14. The maximum absolute atomic E-state index is 4.87. The van der Waals surface area contributed by atoms with E-state index in [1.54, 1.807) is 0 Å². The summed E-state index contributed by atoms with van der Waals surface area (Å²) in [5.74, 6) is 1.98. The van der Waals surface area contributed by atoms with Crippen LogP contribution in [0.25, 0.3) is 67.5 Å². The monoisotopic (exact) mass is 609 g/mol. The lowest BCUT2D eigenvalue weighted by Gasteiger charge is -2.17. The van der Waals surface area contributed by atoms with E-state index in [-0.39, 0.29) is 0 Å². The van der Waals surface area contributed by atoms with Crippen LogP contribution in [0.3, 0.4) is 0 Å². The quantitative estimate of drug-likeness (QED) is 0.169. The van der Waals surface area contributed by atoms with Crippen LogP contribution in [0, 0.1) is 0 Å². The first-order valence-corrected chi connectivity index (χ1v) is 19.2. The molecule has 0 bridgehead atoms. The molecular weight excluding hydrogens is 575 g/mol. The molecule has 0 aliphatic carbocycles. The van der Waals surface area contributed by atoms with Gasteiger partial charge in [0.2, 0.25) is 0 Å². The Labute approximate surface area is 272 Å². The van der Waals surface area contributed by atoms with Crippen LogP contribution in [-0.2, 0) is 0 Å². The second kappa shape index (κ2) is 12.5. The van der Waals surface area contributed by atoms with Gasteiger partial charge in [-0.1, -0.05) is 176 Å². The Bertz CT molecular complexity index is 2020. The summed E-state index contributed by atoms with van der Waals surface area (Å²) in [6.45, 7) is 7.16. The lowest BCUT2D eigenvalue weighted by molar-refractivity contribution is 1.07. The number of benzene rings is 6. The summed E-state index contributed by atoms with van der Waals surface area (Å²) in [7, 11) is -1.31. The van der Waals surface area contributed by atoms with Gasteiger partial charge in [-0.2, -0.15) is 0 Å². The average Bonchev–Trinajstić information content (AvgIpc) is 3.12. The molecule has 3 nitrogen and oxygen atoms in total. The molecule has 0 saturated carbocycles. The van der Waals surface area contributed by atoms with Crippen LogP contribution in [0.4, 0.5) is 0 Å². The largest absolute Gasteiger partial charge is 0.208 e. The smallest absolute Gasteiger partial charge is 0.164 e. The van der Waals surface area contributed by atoms with Gasteiger partial charge in [-0.15, -0.1) is 0 Å². The molecule has 0 spiro atoms. The number of aromatic nitrogens is 3. The lowest BCUT2D eigenvalue weighted by Crippen LogP contribution is -2.37. The maximum Gasteiger partial charge on any atom is 0.164 e. The zero-order valence-electron chi connectivity index (χ0n) is 26.4. The molecule has 0 radical (unpaired) electrons. The molecule has 4 heteroatoms. The van der Waals surface area contributed by atoms with Crippen molar-refractivity contribution in [2.75, 3.05) is 0 Å². The van der Waals surface area contributed by atoms with Gasteiger partial charge in [-0.25, -0.2) is 15.0 Å². The van der Waals surface area contributed by atoms with E-state index < -0.39 is 8.07 Å². The molecule has 1 aromatic heterocycles. The first-order valence-electron chi connectivity index (χ1n) is 15.7. The minimum absolute atomic E-state index is 0.657. The van der Waals surface area contributed by atoms with E-state index in [0.717, 1.165) is 22.3 Å². The van der Waals surface area contributed by atoms with Gasteiger partial charge in [-0.05, 0) is 39.4 Å². The summed E-state index contributed by atoms with van der Waals surface area (Å²) in [4.78, 5) is 14.6. The van der Waals surface area contributed by atoms with Gasteiger partial charge in [0, 0.05) is 16.7 Å². The molecule has 46 heavy (non-hydrogen) atoms. The minimum atomic E-state index is -1.31. The third-order valence-corrected chi connectivity index (χ3v) is 10.4. The molecule has 0 fully saturated rings. The first-order chi connectivity index (χ1) is 22.4. The predicted molar refractivity (Wildman–Crippen MR) is 195 cm³/mol. The van der Waals surface area contributed by atoms with Crippen molar-refractivity contribution in [2.45, 2.75) is 19.6 Å². The summed E-state index contributed by atoms with van der Waals surface area (Å²) in [6.07, 6.45) is 0. The SMILES string of the molecule is C[Si](C)(C)c1ccc(-c2cccc(-c3ccc(-c4ccc(-c5nc(-c6ccccc6)nc(-c6ccccc6)n5)cc4)cc3)c2)cc1. The van der Waals surface area contributed by atoms with Crippen molar-refractivity contribution in [3.05, 3.63) is 158 Å². The highest BCUT2D eigenvalue weighted by atomic mass is 28.3. The van der Waals surface area contributed by atoms with Crippen LogP contribution in [0.15, 0.2) is 158 Å². The van der Waals surface area contributed by atoms with Crippen molar-refractivity contribution >= 4 is 13.3 Å². The molecule has 0 unspecified atom stereocenters. The van der Waals surface area contributed by atoms with Crippen LogP contribution in [-0.4, -0.2) is 23.0 Å². The van der Waals surface area contributed by atoms with Crippen LogP contribution < -0.4 is 5.19 Å². The van der Waals surface area contributed by atoms with Crippen molar-refractivity contribution in [2.24, 2.45) is 0 Å². The molecule has 0 saturated heterocycles. The van der Waals surface area contributed by atoms with Crippen molar-refractivity contribution in [3.8, 4) is 67.5 Å². The molecule has 222 valence electrons. The average molecular weight is 610 g/mol. The Morgan fingerprint density at radius 1 is 0.304 bits per heavy atom. The first kappa shape index (κ1) is 29.3. The van der Waals surface area contributed by atoms with E-state index >= 15 is 0 Å². The molecule has 0 amide bonds. The Hall–Kier alpha value is -5.45. The zero-order valence-corrected chi connectivity index (χ0v) is 27.4. The molecule has 0 aliphatic rings. The van der Waals surface area contributed by atoms with Crippen LogP contribution >= 0.6 is 0 Å². The summed E-state index contributed by atoms with van der Waals surface area (Å²) >= 11 is 0. The second-order valence-electron chi connectivity index (χ2n) is 12.6. The number of hydrogen-bond acceptors (Lipinski definition) is 3. The van der Waals surface area contributed by atoms with E-state index in [2.05, 4.69) is 117 Å². The van der Waals surface area contributed by atoms with Gasteiger partial charge in [0.25, 0.3) is 0 Å². The van der Waals surface area contributed by atoms with Crippen molar-refractivity contribution in [3.63, 3.8) is 0 Å². The van der Waals surface area contributed by atoms with Crippen LogP contribution in [0.1, 0.15) is 0 Å². The van der Waals surface area contributed by atoms with Crippen molar-refractivity contribution < 1.29 is 0 Å². The van der Waals surface area contributed by atoms with Gasteiger partial charge < -0.3 is 0 Å². The van der Waals surface area contributed by atoms with E-state index in [1.165, 1.54) is 33.0 Å². The van der Waals surface area contributed by atoms with Gasteiger partial charge in [0.05, 0.1) is 8.07 Å². The van der Waals surface area contributed by atoms with E-state index in [4.69, 9.17) is 15.0 Å². The zero-order chi connectivity index (χ0) is 31.5. The van der Waals surface area contributed by atoms with Crippen molar-refractivity contribution in [1.82, 2.24) is 15.0 Å². The number of nitrogens with zero attached hydrogens (tertiary/aromatic N) is 3. The third kappa shape index (κ3) is 6.34. The normalized spacial score (nSPS) is 11.4. The third-order valence-electron chi connectivity index (χ3n) is 8.34. The van der Waals surface area contributed by atoms with E-state index in [9.17, 15) is 0 Å². The standard InChI is InChI=1S/C42H35N3Si/c1-46(2,3)39-27-25-33(26-28-39)38-16-10-15-37(29-38)32-19-17-30(18-20-32)31-21-23-36(24-22-31)42-44-40(34-11-6-4-7-12-34)43-41(45-42)35-13-8-5-9-14-35/h4-29H,1-3H3. The number of rotatable bonds is 7. The molecule has 7 aromatic rings. The minimum Gasteiger partial charge on any atom is -0.208 e. The fourth-order valence-corrected chi connectivity index (χ4v) is 6.81. The summed E-state index contributed by atoms with van der Waals surface area (Å²) in [5.41, 5.74) is 10.1. The van der Waals surface area contributed by atoms with Gasteiger partial charge >= 0.3 is 0 Å². The summed E-state index contributed by atoms with van der Waals surface area (Å²) in [5, 5.41) is 1.48. The Kier molecular flexibility index (Phi) is 7.96. The molecular formula is C42H35N3Si. The highest BCUT2D eigenvalue weighted by molar-refractivity contribution is 6.88. The molecule has 0 N–H and O–H groups in total. The van der Waals surface area contributed by atoms with Gasteiger partial charge in [0.1, 0.15) is 0 Å². The predicted octanol–water partition coefficient (Wildman–Crippen LogP) is 10.4. The van der Waals surface area contributed by atoms with E-state index in [1.807, 2.05) is 60.7 Å². The van der Waals surface area contributed by atoms with Crippen LogP contribution in [0.5, 0.6) is 0 Å². The molecule has 0 aliphatic heterocycles. The molecule has 0 atom stereocenters. The molecule has 6 aromatic carbocycles. The Morgan fingerprint density at radius 2 is 0.609 bits per heavy atom. The van der Waals surface area contributed by atoms with Gasteiger partial charge in [0.15, 0.2) is 17.5 Å². The maximum atomic E-state index is 4.87. The number of hydrogen-bond donors (Lipinski definition) is 0. The fourth-order valence-electron chi connectivity index (χ4n) is 5.65. The summed E-state index contributed by atoms with van der Waals surface area (Å²) in [6, 6.07) is 55.4.